The van der Waals surface area contributed by atoms with E-state index in [1.807, 2.05) is 19.1 Å². The predicted octanol–water partition coefficient (Wildman–Crippen LogP) is 4.24. The van der Waals surface area contributed by atoms with Gasteiger partial charge < -0.3 is 10.4 Å². The van der Waals surface area contributed by atoms with Crippen LogP contribution >= 0.6 is 0 Å². The Labute approximate surface area is 133 Å². The Kier molecular flexibility index (Phi) is 4.32. The zero-order valence-corrected chi connectivity index (χ0v) is 13.4. The van der Waals surface area contributed by atoms with Crippen LogP contribution in [0, 0.1) is 5.92 Å². The maximum Gasteiger partial charge on any atom is 0.0684 e. The first-order valence-corrected chi connectivity index (χ1v) is 8.20. The Morgan fingerprint density at radius 1 is 1.00 bits per heavy atom. The third kappa shape index (κ3) is 2.94. The molecule has 2 nitrogen and oxygen atoms in total. The van der Waals surface area contributed by atoms with Crippen LogP contribution in [-0.2, 0) is 0 Å². The lowest BCUT2D eigenvalue weighted by Gasteiger charge is -2.47. The molecule has 0 amide bonds. The van der Waals surface area contributed by atoms with E-state index in [4.69, 9.17) is 0 Å². The van der Waals surface area contributed by atoms with Gasteiger partial charge in [-0.1, -0.05) is 67.6 Å². The van der Waals surface area contributed by atoms with Crippen LogP contribution in [0.1, 0.15) is 49.9 Å². The molecule has 2 N–H and O–H groups in total. The normalized spacial score (nSPS) is 31.9. The summed E-state index contributed by atoms with van der Waals surface area (Å²) < 4.78 is 0. The van der Waals surface area contributed by atoms with E-state index in [2.05, 4.69) is 60.8 Å². The summed E-state index contributed by atoms with van der Waals surface area (Å²) in [5, 5.41) is 14.8. The fraction of sp³-hybridized carbons (Fsp3) is 0.400. The number of piperidine rings is 1. The summed E-state index contributed by atoms with van der Waals surface area (Å²) in [6.07, 6.45) is 1.71. The summed E-state index contributed by atoms with van der Waals surface area (Å²) >= 11 is 0. The molecule has 2 aromatic rings. The number of hydrogen-bond acceptors (Lipinski definition) is 2. The average Bonchev–Trinajstić information content (AvgIpc) is 2.55. The fourth-order valence-corrected chi connectivity index (χ4v) is 3.88. The SMILES string of the molecule is CC[C@H]1[C@@H](c2ccccc2)N[C@H](c2ccccc2)C[C@@]1(C)O. The van der Waals surface area contributed by atoms with Gasteiger partial charge in [0.05, 0.1) is 5.60 Å². The third-order valence-corrected chi connectivity index (χ3v) is 5.00. The summed E-state index contributed by atoms with van der Waals surface area (Å²) in [6.45, 7) is 4.16. The monoisotopic (exact) mass is 295 g/mol. The van der Waals surface area contributed by atoms with E-state index < -0.39 is 5.60 Å². The molecule has 116 valence electrons. The molecule has 0 aromatic heterocycles. The number of aliphatic hydroxyl groups is 1. The maximum absolute atomic E-state index is 11.1. The lowest BCUT2D eigenvalue weighted by Crippen LogP contribution is -2.51. The van der Waals surface area contributed by atoms with Crippen molar-refractivity contribution in [3.8, 4) is 0 Å². The standard InChI is InChI=1S/C20H25NO/c1-3-17-19(16-12-8-5-9-13-16)21-18(14-20(17,2)22)15-10-6-4-7-11-15/h4-13,17-19,21-22H,3,14H2,1-2H3/t17-,18-,19+,20+/m0/s1. The van der Waals surface area contributed by atoms with Crippen molar-refractivity contribution in [2.75, 3.05) is 0 Å². The quantitative estimate of drug-likeness (QED) is 0.887. The molecular weight excluding hydrogens is 270 g/mol. The van der Waals surface area contributed by atoms with Crippen molar-refractivity contribution >= 4 is 0 Å². The van der Waals surface area contributed by atoms with Crippen LogP contribution in [0.25, 0.3) is 0 Å². The summed E-state index contributed by atoms with van der Waals surface area (Å²) in [5.74, 6) is 0.217. The highest BCUT2D eigenvalue weighted by Crippen LogP contribution is 2.44. The second kappa shape index (κ2) is 6.23. The van der Waals surface area contributed by atoms with Crippen molar-refractivity contribution in [3.05, 3.63) is 71.8 Å². The Hall–Kier alpha value is -1.64. The van der Waals surface area contributed by atoms with E-state index in [-0.39, 0.29) is 18.0 Å². The highest BCUT2D eigenvalue weighted by Gasteiger charge is 2.44. The van der Waals surface area contributed by atoms with E-state index in [1.165, 1.54) is 11.1 Å². The number of nitrogens with one attached hydrogen (secondary N) is 1. The van der Waals surface area contributed by atoms with Crippen LogP contribution < -0.4 is 5.32 Å². The van der Waals surface area contributed by atoms with Gasteiger partial charge in [0.15, 0.2) is 0 Å². The molecule has 1 heterocycles. The molecule has 0 saturated carbocycles. The second-order valence-corrected chi connectivity index (χ2v) is 6.59. The first kappa shape index (κ1) is 15.3. The van der Waals surface area contributed by atoms with E-state index in [0.717, 1.165) is 12.8 Å². The van der Waals surface area contributed by atoms with Gasteiger partial charge >= 0.3 is 0 Å². The molecule has 22 heavy (non-hydrogen) atoms. The maximum atomic E-state index is 11.1. The summed E-state index contributed by atoms with van der Waals surface area (Å²) in [5.41, 5.74) is 1.84. The molecule has 1 aliphatic rings. The molecule has 2 heteroatoms. The molecule has 1 saturated heterocycles. The van der Waals surface area contributed by atoms with Gasteiger partial charge in [-0.25, -0.2) is 0 Å². The third-order valence-electron chi connectivity index (χ3n) is 5.00. The minimum Gasteiger partial charge on any atom is -0.390 e. The van der Waals surface area contributed by atoms with Crippen molar-refractivity contribution in [1.29, 1.82) is 0 Å². The molecule has 3 rings (SSSR count). The minimum absolute atomic E-state index is 0.181. The van der Waals surface area contributed by atoms with E-state index in [0.29, 0.717) is 0 Å². The predicted molar refractivity (Wildman–Crippen MR) is 90.5 cm³/mol. The molecule has 1 fully saturated rings. The van der Waals surface area contributed by atoms with Gasteiger partial charge in [-0.05, 0) is 30.9 Å². The lowest BCUT2D eigenvalue weighted by molar-refractivity contribution is -0.0616. The zero-order valence-electron chi connectivity index (χ0n) is 13.4. The summed E-state index contributed by atoms with van der Waals surface area (Å²) in [7, 11) is 0. The molecule has 4 atom stereocenters. The number of hydrogen-bond donors (Lipinski definition) is 2. The van der Waals surface area contributed by atoms with Gasteiger partial charge in [-0.15, -0.1) is 0 Å². The Balaban J connectivity index is 1.95. The first-order valence-electron chi connectivity index (χ1n) is 8.20. The van der Waals surface area contributed by atoms with Gasteiger partial charge in [0.25, 0.3) is 0 Å². The Bertz CT molecular complexity index is 594. The average molecular weight is 295 g/mol. The van der Waals surface area contributed by atoms with Crippen molar-refractivity contribution in [2.45, 2.75) is 44.4 Å². The molecule has 0 radical (unpaired) electrons. The van der Waals surface area contributed by atoms with Gasteiger partial charge in [-0.3, -0.25) is 0 Å². The second-order valence-electron chi connectivity index (χ2n) is 6.59. The summed E-state index contributed by atoms with van der Waals surface area (Å²) in [4.78, 5) is 0. The van der Waals surface area contributed by atoms with Gasteiger partial charge in [0, 0.05) is 18.0 Å². The van der Waals surface area contributed by atoms with Gasteiger partial charge in [0.2, 0.25) is 0 Å². The first-order chi connectivity index (χ1) is 10.6. The van der Waals surface area contributed by atoms with Crippen LogP contribution in [0.5, 0.6) is 0 Å². The highest BCUT2D eigenvalue weighted by atomic mass is 16.3. The van der Waals surface area contributed by atoms with Crippen LogP contribution in [0.4, 0.5) is 0 Å². The van der Waals surface area contributed by atoms with Crippen molar-refractivity contribution in [2.24, 2.45) is 5.92 Å². The minimum atomic E-state index is -0.666. The molecule has 0 aliphatic carbocycles. The number of rotatable bonds is 3. The molecule has 0 spiro atoms. The molecule has 0 bridgehead atoms. The molecule has 1 aliphatic heterocycles. The van der Waals surface area contributed by atoms with Gasteiger partial charge in [-0.2, -0.15) is 0 Å². The smallest absolute Gasteiger partial charge is 0.0684 e. The fourth-order valence-electron chi connectivity index (χ4n) is 3.88. The van der Waals surface area contributed by atoms with Crippen LogP contribution in [0.15, 0.2) is 60.7 Å². The Morgan fingerprint density at radius 2 is 1.55 bits per heavy atom. The van der Waals surface area contributed by atoms with E-state index in [1.54, 1.807) is 0 Å². The van der Waals surface area contributed by atoms with Crippen LogP contribution in [0.2, 0.25) is 0 Å². The topological polar surface area (TPSA) is 32.3 Å². The summed E-state index contributed by atoms with van der Waals surface area (Å²) in [6, 6.07) is 21.3. The van der Waals surface area contributed by atoms with Crippen molar-refractivity contribution in [3.63, 3.8) is 0 Å². The molecule has 2 aromatic carbocycles. The Morgan fingerprint density at radius 3 is 2.09 bits per heavy atom. The van der Waals surface area contributed by atoms with Crippen molar-refractivity contribution in [1.82, 2.24) is 5.32 Å². The zero-order chi connectivity index (χ0) is 15.6. The highest BCUT2D eigenvalue weighted by molar-refractivity contribution is 5.26. The number of benzene rings is 2. The van der Waals surface area contributed by atoms with E-state index in [9.17, 15) is 5.11 Å². The van der Waals surface area contributed by atoms with Gasteiger partial charge in [0.1, 0.15) is 0 Å². The molecular formula is C20H25NO. The lowest BCUT2D eigenvalue weighted by atomic mass is 9.71. The van der Waals surface area contributed by atoms with Crippen LogP contribution in [0.3, 0.4) is 0 Å². The largest absolute Gasteiger partial charge is 0.390 e. The van der Waals surface area contributed by atoms with Crippen molar-refractivity contribution < 1.29 is 5.11 Å². The van der Waals surface area contributed by atoms with E-state index >= 15 is 0 Å². The molecule has 0 unspecified atom stereocenters. The van der Waals surface area contributed by atoms with Crippen LogP contribution in [-0.4, -0.2) is 10.7 Å².